The maximum Gasteiger partial charge on any atom is 0.122 e. The number of aromatic nitrogens is 4. The third-order valence-corrected chi connectivity index (χ3v) is 6.49. The van der Waals surface area contributed by atoms with E-state index < -0.39 is 0 Å². The first-order chi connectivity index (χ1) is 17.2. The largest absolute Gasteiger partial charge is 0.497 e. The van der Waals surface area contributed by atoms with Crippen LogP contribution in [0.1, 0.15) is 22.9 Å². The average Bonchev–Trinajstić information content (AvgIpc) is 3.55. The number of hydrogen-bond acceptors (Lipinski definition) is 5. The minimum absolute atomic E-state index is 0.187. The molecule has 1 aliphatic heterocycles. The smallest absolute Gasteiger partial charge is 0.122 e. The van der Waals surface area contributed by atoms with E-state index in [1.807, 2.05) is 47.1 Å². The summed E-state index contributed by atoms with van der Waals surface area (Å²) in [7, 11) is 4.99. The Kier molecular flexibility index (Phi) is 5.03. The summed E-state index contributed by atoms with van der Waals surface area (Å²) >= 11 is 0. The van der Waals surface area contributed by atoms with Gasteiger partial charge in [0.25, 0.3) is 0 Å². The van der Waals surface area contributed by atoms with E-state index in [-0.39, 0.29) is 5.92 Å². The zero-order chi connectivity index (χ0) is 23.9. The van der Waals surface area contributed by atoms with E-state index in [4.69, 9.17) is 14.2 Å². The number of methoxy groups -OCH3 is 3. The first-order valence-electron chi connectivity index (χ1n) is 11.3. The molecule has 5 aromatic rings. The summed E-state index contributed by atoms with van der Waals surface area (Å²) in [5.41, 5.74) is 6.86. The number of ether oxygens (including phenoxy) is 3. The molecule has 0 saturated heterocycles. The summed E-state index contributed by atoms with van der Waals surface area (Å²) in [6, 6.07) is 26.4. The van der Waals surface area contributed by atoms with Gasteiger partial charge in [-0.25, -0.2) is 4.68 Å². The minimum Gasteiger partial charge on any atom is -0.497 e. The van der Waals surface area contributed by atoms with Crippen LogP contribution in [0, 0.1) is 0 Å². The molecular formula is C28H24N4O3. The van der Waals surface area contributed by atoms with Gasteiger partial charge in [0.1, 0.15) is 22.9 Å². The molecule has 0 fully saturated rings. The highest BCUT2D eigenvalue weighted by molar-refractivity contribution is 5.69. The van der Waals surface area contributed by atoms with Crippen LogP contribution in [0.5, 0.6) is 17.2 Å². The second-order valence-electron chi connectivity index (χ2n) is 8.33. The van der Waals surface area contributed by atoms with Crippen molar-refractivity contribution in [2.24, 2.45) is 0 Å². The van der Waals surface area contributed by atoms with E-state index in [2.05, 4.69) is 57.5 Å². The Morgan fingerprint density at radius 3 is 2.09 bits per heavy atom. The average molecular weight is 465 g/mol. The molecular weight excluding hydrogens is 440 g/mol. The van der Waals surface area contributed by atoms with E-state index in [1.165, 1.54) is 0 Å². The van der Waals surface area contributed by atoms with E-state index in [0.29, 0.717) is 0 Å². The van der Waals surface area contributed by atoms with Gasteiger partial charge in [-0.15, -0.1) is 5.10 Å². The Bertz CT molecular complexity index is 1500. The molecule has 0 N–H and O–H groups in total. The lowest BCUT2D eigenvalue weighted by molar-refractivity contribution is 0.393. The molecule has 1 aliphatic rings. The molecule has 3 heterocycles. The van der Waals surface area contributed by atoms with E-state index in [1.54, 1.807) is 21.3 Å². The predicted octanol–water partition coefficient (Wildman–Crippen LogP) is 5.24. The third-order valence-electron chi connectivity index (χ3n) is 6.49. The first-order valence-corrected chi connectivity index (χ1v) is 11.3. The Morgan fingerprint density at radius 2 is 1.40 bits per heavy atom. The summed E-state index contributed by atoms with van der Waals surface area (Å²) in [5, 5.41) is 9.34. The van der Waals surface area contributed by atoms with E-state index >= 15 is 0 Å². The lowest BCUT2D eigenvalue weighted by atomic mass is 9.89. The number of rotatable bonds is 5. The van der Waals surface area contributed by atoms with Gasteiger partial charge in [-0.05, 0) is 66.2 Å². The lowest BCUT2D eigenvalue weighted by Crippen LogP contribution is -2.11. The van der Waals surface area contributed by atoms with Crippen molar-refractivity contribution < 1.29 is 14.2 Å². The number of fused-ring (bicyclic) bond motifs is 5. The van der Waals surface area contributed by atoms with Gasteiger partial charge in [0.15, 0.2) is 0 Å². The fourth-order valence-electron chi connectivity index (χ4n) is 4.84. The molecule has 7 heteroatoms. The molecule has 3 aromatic carbocycles. The van der Waals surface area contributed by atoms with Crippen LogP contribution in [0.25, 0.3) is 22.6 Å². The van der Waals surface area contributed by atoms with Crippen LogP contribution in [0.4, 0.5) is 0 Å². The zero-order valence-corrected chi connectivity index (χ0v) is 19.7. The number of hydrogen-bond donors (Lipinski definition) is 0. The second-order valence-corrected chi connectivity index (χ2v) is 8.33. The van der Waals surface area contributed by atoms with Crippen LogP contribution in [0.2, 0.25) is 0 Å². The molecule has 0 bridgehead atoms. The van der Waals surface area contributed by atoms with Crippen LogP contribution in [0.15, 0.2) is 85.1 Å². The molecule has 6 rings (SSSR count). The molecule has 7 nitrogen and oxygen atoms in total. The number of benzene rings is 3. The van der Waals surface area contributed by atoms with Gasteiger partial charge in [0.2, 0.25) is 0 Å². The van der Waals surface area contributed by atoms with Crippen molar-refractivity contribution in [3.63, 3.8) is 0 Å². The monoisotopic (exact) mass is 464 g/mol. The zero-order valence-electron chi connectivity index (χ0n) is 19.7. The van der Waals surface area contributed by atoms with Crippen LogP contribution < -0.4 is 14.2 Å². The Hall–Kier alpha value is -4.52. The molecule has 0 aliphatic carbocycles. The standard InChI is InChI=1S/C28H24N4O3/c1-33-20-12-10-18(11-13-20)27-28-26(19-15-21(34-2)17-22(16-19)35-3)25-9-6-14-31(25)23-7-4-5-8-24(23)32(28)30-29-27/h4-17,26H,1-3H3. The van der Waals surface area contributed by atoms with Crippen LogP contribution in [0.3, 0.4) is 0 Å². The van der Waals surface area contributed by atoms with Crippen LogP contribution in [-0.4, -0.2) is 40.9 Å². The molecule has 0 radical (unpaired) electrons. The predicted molar refractivity (Wildman–Crippen MR) is 133 cm³/mol. The van der Waals surface area contributed by atoms with Crippen molar-refractivity contribution in [3.8, 4) is 39.9 Å². The van der Waals surface area contributed by atoms with Gasteiger partial charge in [-0.2, -0.15) is 0 Å². The van der Waals surface area contributed by atoms with Gasteiger partial charge in [0.05, 0.1) is 44.3 Å². The van der Waals surface area contributed by atoms with Crippen molar-refractivity contribution in [1.29, 1.82) is 0 Å². The summed E-state index contributed by atoms with van der Waals surface area (Å²) < 4.78 is 20.8. The quantitative estimate of drug-likeness (QED) is 0.349. The number of para-hydroxylation sites is 2. The first kappa shape index (κ1) is 21.0. The van der Waals surface area contributed by atoms with Gasteiger partial charge in [0, 0.05) is 23.5 Å². The maximum absolute atomic E-state index is 5.62. The summed E-state index contributed by atoms with van der Waals surface area (Å²) in [5.74, 6) is 2.06. The Morgan fingerprint density at radius 1 is 0.714 bits per heavy atom. The molecule has 0 saturated carbocycles. The van der Waals surface area contributed by atoms with Crippen molar-refractivity contribution in [1.82, 2.24) is 19.6 Å². The highest BCUT2D eigenvalue weighted by atomic mass is 16.5. The van der Waals surface area contributed by atoms with Crippen LogP contribution in [-0.2, 0) is 0 Å². The van der Waals surface area contributed by atoms with Gasteiger partial charge in [-0.1, -0.05) is 17.3 Å². The van der Waals surface area contributed by atoms with Crippen molar-refractivity contribution in [2.75, 3.05) is 21.3 Å². The van der Waals surface area contributed by atoms with E-state index in [0.717, 1.165) is 56.8 Å². The van der Waals surface area contributed by atoms with E-state index in [9.17, 15) is 0 Å². The van der Waals surface area contributed by atoms with Crippen molar-refractivity contribution >= 4 is 0 Å². The highest BCUT2D eigenvalue weighted by Gasteiger charge is 2.33. The fraction of sp³-hybridized carbons (Fsp3) is 0.143. The fourth-order valence-corrected chi connectivity index (χ4v) is 4.84. The third kappa shape index (κ3) is 3.35. The second kappa shape index (κ2) is 8.36. The van der Waals surface area contributed by atoms with Gasteiger partial charge >= 0.3 is 0 Å². The maximum atomic E-state index is 5.62. The normalized spacial score (nSPS) is 13.9. The summed E-state index contributed by atoms with van der Waals surface area (Å²) in [6.45, 7) is 0. The van der Waals surface area contributed by atoms with Crippen molar-refractivity contribution in [2.45, 2.75) is 5.92 Å². The SMILES string of the molecule is COc1ccc(-c2nnn3c2C(c2cc(OC)cc(OC)c2)c2cccn2-c2ccccc2-3)cc1. The molecule has 0 spiro atoms. The van der Waals surface area contributed by atoms with Gasteiger partial charge in [-0.3, -0.25) is 0 Å². The molecule has 0 amide bonds. The summed E-state index contributed by atoms with van der Waals surface area (Å²) in [6.07, 6.45) is 2.09. The highest BCUT2D eigenvalue weighted by Crippen LogP contribution is 2.44. The van der Waals surface area contributed by atoms with Gasteiger partial charge < -0.3 is 18.8 Å². The van der Waals surface area contributed by atoms with Crippen LogP contribution >= 0.6 is 0 Å². The Balaban J connectivity index is 1.68. The topological polar surface area (TPSA) is 63.3 Å². The summed E-state index contributed by atoms with van der Waals surface area (Å²) in [4.78, 5) is 0. The Labute approximate surface area is 203 Å². The molecule has 1 atom stereocenters. The molecule has 1 unspecified atom stereocenters. The molecule has 2 aromatic heterocycles. The van der Waals surface area contributed by atoms with Crippen molar-refractivity contribution in [3.05, 3.63) is 102 Å². The number of nitrogens with zero attached hydrogens (tertiary/aromatic N) is 4. The minimum atomic E-state index is -0.187. The molecule has 35 heavy (non-hydrogen) atoms. The molecule has 174 valence electrons. The lowest BCUT2D eigenvalue weighted by Gasteiger charge is -2.20.